The Morgan fingerprint density at radius 3 is 2.05 bits per heavy atom. The van der Waals surface area contributed by atoms with Crippen molar-refractivity contribution in [2.75, 3.05) is 0 Å². The molecule has 0 saturated carbocycles. The van der Waals surface area contributed by atoms with Gasteiger partial charge in [-0.15, -0.1) is 0 Å². The predicted molar refractivity (Wildman–Crippen MR) is 75.4 cm³/mol. The molecule has 2 aromatic rings. The molecule has 1 aliphatic rings. The molecule has 0 bridgehead atoms. The summed E-state index contributed by atoms with van der Waals surface area (Å²) in [6.07, 6.45) is 0. The third-order valence-corrected chi connectivity index (χ3v) is 3.56. The van der Waals surface area contributed by atoms with Crippen LogP contribution in [0.2, 0.25) is 0 Å². The molecule has 0 aromatic heterocycles. The van der Waals surface area contributed by atoms with E-state index in [4.69, 9.17) is 0 Å². The first kappa shape index (κ1) is 12.7. The van der Waals surface area contributed by atoms with Gasteiger partial charge in [0.2, 0.25) is 0 Å². The number of nitrogens with zero attached hydrogens (tertiary/aromatic N) is 1. The minimum Gasteiger partial charge on any atom is -0.268 e. The van der Waals surface area contributed by atoms with Gasteiger partial charge in [-0.2, -0.15) is 0 Å². The van der Waals surface area contributed by atoms with Crippen molar-refractivity contribution in [1.82, 2.24) is 4.90 Å². The summed E-state index contributed by atoms with van der Waals surface area (Å²) in [5.74, 6) is -1.76. The number of carbonyl (C=O) groups is 3. The molecule has 2 aromatic carbocycles. The molecular formula is C15H8BrNO3. The molecule has 98 valence electrons. The normalized spacial score (nSPS) is 13.6. The van der Waals surface area contributed by atoms with Crippen LogP contribution in [0.5, 0.6) is 0 Å². The zero-order valence-electron chi connectivity index (χ0n) is 10.2. The monoisotopic (exact) mass is 329 g/mol. The maximum Gasteiger partial charge on any atom is 0.268 e. The highest BCUT2D eigenvalue weighted by molar-refractivity contribution is 9.10. The third-order valence-electron chi connectivity index (χ3n) is 3.07. The van der Waals surface area contributed by atoms with Crippen molar-refractivity contribution in [3.63, 3.8) is 0 Å². The molecule has 0 unspecified atom stereocenters. The number of fused-ring (bicyclic) bond motifs is 1. The van der Waals surface area contributed by atoms with Crippen LogP contribution >= 0.6 is 15.9 Å². The van der Waals surface area contributed by atoms with Gasteiger partial charge in [-0.3, -0.25) is 14.4 Å². The topological polar surface area (TPSA) is 54.5 Å². The third kappa shape index (κ3) is 1.87. The first-order valence-corrected chi connectivity index (χ1v) is 6.66. The van der Waals surface area contributed by atoms with E-state index in [0.717, 1.165) is 0 Å². The van der Waals surface area contributed by atoms with Gasteiger partial charge in [-0.1, -0.05) is 34.1 Å². The summed E-state index contributed by atoms with van der Waals surface area (Å²) >= 11 is 3.26. The fourth-order valence-corrected chi connectivity index (χ4v) is 2.52. The van der Waals surface area contributed by atoms with E-state index in [2.05, 4.69) is 15.9 Å². The average Bonchev–Trinajstić information content (AvgIpc) is 2.71. The van der Waals surface area contributed by atoms with Crippen LogP contribution in [0.4, 0.5) is 0 Å². The number of benzene rings is 2. The lowest BCUT2D eigenvalue weighted by Gasteiger charge is -2.11. The summed E-state index contributed by atoms with van der Waals surface area (Å²) in [5.41, 5.74) is 0.815. The Hall–Kier alpha value is -2.27. The van der Waals surface area contributed by atoms with Crippen LogP contribution in [0.1, 0.15) is 31.1 Å². The summed E-state index contributed by atoms with van der Waals surface area (Å²) in [4.78, 5) is 37.4. The quantitative estimate of drug-likeness (QED) is 0.756. The summed E-state index contributed by atoms with van der Waals surface area (Å²) in [5, 5.41) is 0. The number of halogens is 1. The van der Waals surface area contributed by atoms with Crippen LogP contribution in [0.3, 0.4) is 0 Å². The van der Waals surface area contributed by atoms with Gasteiger partial charge in [0.15, 0.2) is 0 Å². The number of rotatable bonds is 1. The Balaban J connectivity index is 2.03. The van der Waals surface area contributed by atoms with Gasteiger partial charge in [0.1, 0.15) is 0 Å². The zero-order valence-corrected chi connectivity index (χ0v) is 11.8. The molecule has 4 nitrogen and oxygen atoms in total. The second-order valence-corrected chi connectivity index (χ2v) is 5.22. The molecule has 0 atom stereocenters. The van der Waals surface area contributed by atoms with E-state index in [1.54, 1.807) is 48.5 Å². The Bertz CT molecular complexity index is 719. The molecule has 3 rings (SSSR count). The van der Waals surface area contributed by atoms with Crippen molar-refractivity contribution >= 4 is 33.7 Å². The average molecular weight is 330 g/mol. The molecule has 0 saturated heterocycles. The molecule has 0 N–H and O–H groups in total. The van der Waals surface area contributed by atoms with Crippen LogP contribution in [-0.2, 0) is 0 Å². The molecule has 1 heterocycles. The molecular weight excluding hydrogens is 322 g/mol. The fourth-order valence-electron chi connectivity index (χ4n) is 2.12. The molecule has 5 heteroatoms. The van der Waals surface area contributed by atoms with E-state index >= 15 is 0 Å². The highest BCUT2D eigenvalue weighted by atomic mass is 79.9. The van der Waals surface area contributed by atoms with Gasteiger partial charge in [0.25, 0.3) is 17.7 Å². The van der Waals surface area contributed by atoms with Crippen molar-refractivity contribution in [1.29, 1.82) is 0 Å². The van der Waals surface area contributed by atoms with Gasteiger partial charge >= 0.3 is 0 Å². The van der Waals surface area contributed by atoms with Gasteiger partial charge < -0.3 is 0 Å². The van der Waals surface area contributed by atoms with E-state index < -0.39 is 17.7 Å². The van der Waals surface area contributed by atoms with Gasteiger partial charge in [0, 0.05) is 10.0 Å². The largest absolute Gasteiger partial charge is 0.268 e. The summed E-state index contributed by atoms with van der Waals surface area (Å²) < 4.78 is 0.708. The van der Waals surface area contributed by atoms with E-state index in [-0.39, 0.29) is 16.7 Å². The van der Waals surface area contributed by atoms with E-state index in [0.29, 0.717) is 9.37 Å². The Morgan fingerprint density at radius 2 is 1.50 bits per heavy atom. The van der Waals surface area contributed by atoms with Crippen LogP contribution in [-0.4, -0.2) is 22.6 Å². The number of amides is 3. The first-order valence-electron chi connectivity index (χ1n) is 5.87. The Labute approximate surface area is 123 Å². The molecule has 0 radical (unpaired) electrons. The smallest absolute Gasteiger partial charge is 0.268 e. The van der Waals surface area contributed by atoms with Gasteiger partial charge in [-0.25, -0.2) is 4.90 Å². The summed E-state index contributed by atoms with van der Waals surface area (Å²) in [6, 6.07) is 13.0. The van der Waals surface area contributed by atoms with E-state index in [9.17, 15) is 14.4 Å². The maximum absolute atomic E-state index is 12.4. The number of hydrogen-bond acceptors (Lipinski definition) is 3. The standard InChI is InChI=1S/C15H8BrNO3/c16-10-5-3-4-9(8-10)13(18)17-14(19)11-6-1-2-7-12(11)15(17)20/h1-8H. The van der Waals surface area contributed by atoms with E-state index in [1.807, 2.05) is 0 Å². The zero-order chi connectivity index (χ0) is 14.3. The van der Waals surface area contributed by atoms with Crippen molar-refractivity contribution in [2.24, 2.45) is 0 Å². The second-order valence-electron chi connectivity index (χ2n) is 4.31. The highest BCUT2D eigenvalue weighted by Gasteiger charge is 2.39. The minimum absolute atomic E-state index is 0.265. The molecule has 0 fully saturated rings. The lowest BCUT2D eigenvalue weighted by atomic mass is 10.1. The first-order chi connectivity index (χ1) is 9.59. The Kier molecular flexibility index (Phi) is 2.99. The highest BCUT2D eigenvalue weighted by Crippen LogP contribution is 2.24. The molecule has 20 heavy (non-hydrogen) atoms. The SMILES string of the molecule is O=C(c1cccc(Br)c1)N1C(=O)c2ccccc2C1=O. The van der Waals surface area contributed by atoms with Crippen LogP contribution in [0, 0.1) is 0 Å². The van der Waals surface area contributed by atoms with Crippen molar-refractivity contribution in [3.05, 3.63) is 69.7 Å². The molecule has 1 aliphatic heterocycles. The lowest BCUT2D eigenvalue weighted by Crippen LogP contribution is -2.36. The maximum atomic E-state index is 12.4. The molecule has 0 aliphatic carbocycles. The number of imide groups is 3. The molecule has 3 amide bonds. The minimum atomic E-state index is -0.613. The van der Waals surface area contributed by atoms with Gasteiger partial charge in [-0.05, 0) is 30.3 Å². The van der Waals surface area contributed by atoms with Crippen LogP contribution < -0.4 is 0 Å². The predicted octanol–water partition coefficient (Wildman–Crippen LogP) is 2.89. The van der Waals surface area contributed by atoms with Crippen molar-refractivity contribution < 1.29 is 14.4 Å². The summed E-state index contributed by atoms with van der Waals surface area (Å²) in [6.45, 7) is 0. The molecule has 0 spiro atoms. The van der Waals surface area contributed by atoms with Crippen LogP contribution in [0.25, 0.3) is 0 Å². The lowest BCUT2D eigenvalue weighted by molar-refractivity contribution is 0.0566. The van der Waals surface area contributed by atoms with Gasteiger partial charge in [0.05, 0.1) is 11.1 Å². The van der Waals surface area contributed by atoms with Crippen molar-refractivity contribution in [2.45, 2.75) is 0 Å². The fraction of sp³-hybridized carbons (Fsp3) is 0. The number of hydrogen-bond donors (Lipinski definition) is 0. The van der Waals surface area contributed by atoms with Crippen LogP contribution in [0.15, 0.2) is 53.0 Å². The van der Waals surface area contributed by atoms with E-state index in [1.165, 1.54) is 0 Å². The summed E-state index contributed by atoms with van der Waals surface area (Å²) in [7, 11) is 0. The Morgan fingerprint density at radius 1 is 0.900 bits per heavy atom. The van der Waals surface area contributed by atoms with Crippen molar-refractivity contribution in [3.8, 4) is 0 Å². The second kappa shape index (κ2) is 4.68. The number of carbonyl (C=O) groups excluding carboxylic acids is 3.